The first kappa shape index (κ1) is 16.9. The molecule has 0 spiro atoms. The quantitative estimate of drug-likeness (QED) is 0.877. The van der Waals surface area contributed by atoms with Crippen LogP contribution in [-0.2, 0) is 0 Å². The van der Waals surface area contributed by atoms with Gasteiger partial charge in [-0.25, -0.2) is 9.97 Å². The van der Waals surface area contributed by atoms with Crippen LogP contribution in [0, 0.1) is 11.8 Å². The van der Waals surface area contributed by atoms with E-state index in [9.17, 15) is 9.90 Å². The van der Waals surface area contributed by atoms with Gasteiger partial charge in [-0.3, -0.25) is 4.79 Å². The van der Waals surface area contributed by atoms with Crippen molar-refractivity contribution in [2.75, 3.05) is 39.3 Å². The summed E-state index contributed by atoms with van der Waals surface area (Å²) in [5.74, 6) is 1.91. The van der Waals surface area contributed by atoms with Crippen molar-refractivity contribution in [1.29, 1.82) is 0 Å². The second-order valence-electron chi connectivity index (χ2n) is 7.88. The third kappa shape index (κ3) is 3.85. The number of piperidine rings is 1. The zero-order valence-electron chi connectivity index (χ0n) is 14.8. The minimum absolute atomic E-state index is 0.00180. The lowest BCUT2D eigenvalue weighted by Crippen LogP contribution is -2.37. The van der Waals surface area contributed by atoms with Gasteiger partial charge in [-0.05, 0) is 44.7 Å². The summed E-state index contributed by atoms with van der Waals surface area (Å²) in [7, 11) is 0. The summed E-state index contributed by atoms with van der Waals surface area (Å²) in [6.07, 6.45) is 9.54. The van der Waals surface area contributed by atoms with Gasteiger partial charge in [0, 0.05) is 50.5 Å². The van der Waals surface area contributed by atoms with Gasteiger partial charge in [0.05, 0.1) is 5.56 Å². The van der Waals surface area contributed by atoms with E-state index in [4.69, 9.17) is 0 Å². The Morgan fingerprint density at radius 2 is 1.76 bits per heavy atom. The van der Waals surface area contributed by atoms with Gasteiger partial charge in [0.15, 0.2) is 0 Å². The maximum absolute atomic E-state index is 12.8. The fourth-order valence-electron chi connectivity index (χ4n) is 4.18. The lowest BCUT2D eigenvalue weighted by atomic mass is 9.95. The van der Waals surface area contributed by atoms with Crippen LogP contribution >= 0.6 is 0 Å². The summed E-state index contributed by atoms with van der Waals surface area (Å²) in [6, 6.07) is 0. The molecule has 0 bridgehead atoms. The summed E-state index contributed by atoms with van der Waals surface area (Å²) < 4.78 is 0. The van der Waals surface area contributed by atoms with Crippen molar-refractivity contribution < 1.29 is 9.90 Å². The fourth-order valence-corrected chi connectivity index (χ4v) is 4.18. The Morgan fingerprint density at radius 1 is 1.08 bits per heavy atom. The normalized spacial score (nSPS) is 27.6. The molecule has 3 heterocycles. The Labute approximate surface area is 149 Å². The molecule has 2 aliphatic heterocycles. The van der Waals surface area contributed by atoms with E-state index in [1.807, 2.05) is 4.90 Å². The second kappa shape index (κ2) is 7.38. The maximum atomic E-state index is 12.8. The Bertz CT molecular complexity index is 596. The number of hydrogen-bond donors (Lipinski definition) is 1. The van der Waals surface area contributed by atoms with E-state index in [1.54, 1.807) is 12.4 Å². The molecular weight excluding hydrogens is 316 g/mol. The number of aliphatic hydroxyl groups excluding tert-OH is 1. The molecule has 0 aromatic carbocycles. The van der Waals surface area contributed by atoms with Gasteiger partial charge in [0.2, 0.25) is 0 Å². The van der Waals surface area contributed by atoms with Crippen molar-refractivity contribution in [3.05, 3.63) is 23.8 Å². The standard InChI is InChI=1S/C19H28N4O2/c24-13-17-12-23(11-16(17)10-22-6-2-1-3-7-22)19(25)15-8-20-18(21-9-15)14-4-5-14/h8-9,14,16-17,24H,1-7,10-13H2/t16-,17-/m0/s1. The zero-order valence-corrected chi connectivity index (χ0v) is 14.8. The van der Waals surface area contributed by atoms with Gasteiger partial charge in [0.1, 0.15) is 5.82 Å². The summed E-state index contributed by atoms with van der Waals surface area (Å²) in [5, 5.41) is 9.76. The number of aliphatic hydroxyl groups is 1. The molecular formula is C19H28N4O2. The first-order valence-electron chi connectivity index (χ1n) is 9.69. The van der Waals surface area contributed by atoms with E-state index in [-0.39, 0.29) is 18.4 Å². The molecule has 1 aliphatic carbocycles. The van der Waals surface area contributed by atoms with E-state index in [1.165, 1.54) is 19.3 Å². The van der Waals surface area contributed by atoms with Crippen molar-refractivity contribution in [3.63, 3.8) is 0 Å². The number of nitrogens with zero attached hydrogens (tertiary/aromatic N) is 4. The first-order valence-corrected chi connectivity index (χ1v) is 9.69. The van der Waals surface area contributed by atoms with Crippen LogP contribution in [-0.4, -0.2) is 70.1 Å². The van der Waals surface area contributed by atoms with Gasteiger partial charge in [-0.2, -0.15) is 0 Å². The van der Waals surface area contributed by atoms with E-state index in [2.05, 4.69) is 14.9 Å². The molecule has 1 saturated carbocycles. The van der Waals surface area contributed by atoms with Crippen molar-refractivity contribution in [3.8, 4) is 0 Å². The molecule has 2 saturated heterocycles. The third-order valence-corrected chi connectivity index (χ3v) is 5.90. The number of carbonyl (C=O) groups excluding carboxylic acids is 1. The van der Waals surface area contributed by atoms with Crippen LogP contribution in [0.5, 0.6) is 0 Å². The summed E-state index contributed by atoms with van der Waals surface area (Å²) in [4.78, 5) is 25.9. The molecule has 3 aliphatic rings. The zero-order chi connectivity index (χ0) is 17.2. The Hall–Kier alpha value is -1.53. The SMILES string of the molecule is O=C(c1cnc(C2CC2)nc1)N1C[C@@H](CO)[C@@H](CN2CCCCC2)C1. The summed E-state index contributed by atoms with van der Waals surface area (Å²) in [6.45, 7) is 4.81. The number of carbonyl (C=O) groups is 1. The summed E-state index contributed by atoms with van der Waals surface area (Å²) in [5.41, 5.74) is 0.569. The minimum atomic E-state index is 0.00180. The summed E-state index contributed by atoms with van der Waals surface area (Å²) >= 11 is 0. The smallest absolute Gasteiger partial charge is 0.257 e. The molecule has 3 fully saturated rings. The Balaban J connectivity index is 1.38. The molecule has 0 radical (unpaired) electrons. The molecule has 6 heteroatoms. The van der Waals surface area contributed by atoms with E-state index >= 15 is 0 Å². The van der Waals surface area contributed by atoms with Gasteiger partial charge in [0.25, 0.3) is 5.91 Å². The van der Waals surface area contributed by atoms with Crippen molar-refractivity contribution in [2.24, 2.45) is 11.8 Å². The highest BCUT2D eigenvalue weighted by Gasteiger charge is 2.36. The first-order chi connectivity index (χ1) is 12.2. The molecule has 25 heavy (non-hydrogen) atoms. The lowest BCUT2D eigenvalue weighted by molar-refractivity contribution is 0.0777. The van der Waals surface area contributed by atoms with Gasteiger partial charge >= 0.3 is 0 Å². The molecule has 2 atom stereocenters. The monoisotopic (exact) mass is 344 g/mol. The van der Waals surface area contributed by atoms with Crippen LogP contribution in [0.4, 0.5) is 0 Å². The van der Waals surface area contributed by atoms with E-state index < -0.39 is 0 Å². The molecule has 1 aromatic heterocycles. The highest BCUT2D eigenvalue weighted by Crippen LogP contribution is 2.37. The van der Waals surface area contributed by atoms with Crippen LogP contribution in [0.2, 0.25) is 0 Å². The Morgan fingerprint density at radius 3 is 2.40 bits per heavy atom. The highest BCUT2D eigenvalue weighted by molar-refractivity contribution is 5.93. The third-order valence-electron chi connectivity index (χ3n) is 5.90. The van der Waals surface area contributed by atoms with Crippen LogP contribution in [0.1, 0.15) is 54.2 Å². The van der Waals surface area contributed by atoms with Gasteiger partial charge in [-0.1, -0.05) is 6.42 Å². The highest BCUT2D eigenvalue weighted by atomic mass is 16.3. The van der Waals surface area contributed by atoms with Gasteiger partial charge in [-0.15, -0.1) is 0 Å². The molecule has 1 aromatic rings. The molecule has 136 valence electrons. The molecule has 0 unspecified atom stereocenters. The number of aromatic nitrogens is 2. The van der Waals surface area contributed by atoms with Gasteiger partial charge < -0.3 is 14.9 Å². The number of hydrogen-bond acceptors (Lipinski definition) is 5. The van der Waals surface area contributed by atoms with Crippen molar-refractivity contribution in [2.45, 2.75) is 38.0 Å². The fraction of sp³-hybridized carbons (Fsp3) is 0.737. The van der Waals surface area contributed by atoms with E-state index in [0.29, 0.717) is 23.9 Å². The second-order valence-corrected chi connectivity index (χ2v) is 7.88. The van der Waals surface area contributed by atoms with Crippen LogP contribution in [0.15, 0.2) is 12.4 Å². The largest absolute Gasteiger partial charge is 0.396 e. The average molecular weight is 344 g/mol. The molecule has 4 rings (SSSR count). The molecule has 6 nitrogen and oxygen atoms in total. The van der Waals surface area contributed by atoms with Crippen molar-refractivity contribution >= 4 is 5.91 Å². The van der Waals surface area contributed by atoms with Crippen LogP contribution < -0.4 is 0 Å². The predicted molar refractivity (Wildman–Crippen MR) is 94.3 cm³/mol. The average Bonchev–Trinajstić information content (AvgIpc) is 3.43. The van der Waals surface area contributed by atoms with E-state index in [0.717, 1.165) is 44.8 Å². The van der Waals surface area contributed by atoms with Crippen molar-refractivity contribution in [1.82, 2.24) is 19.8 Å². The maximum Gasteiger partial charge on any atom is 0.257 e. The number of rotatable bonds is 5. The predicted octanol–water partition coefficient (Wildman–Crippen LogP) is 1.52. The lowest BCUT2D eigenvalue weighted by Gasteiger charge is -2.30. The minimum Gasteiger partial charge on any atom is -0.396 e. The van der Waals surface area contributed by atoms with Crippen LogP contribution in [0.25, 0.3) is 0 Å². The Kier molecular flexibility index (Phi) is 4.99. The topological polar surface area (TPSA) is 69.6 Å². The van der Waals surface area contributed by atoms with Crippen LogP contribution in [0.3, 0.4) is 0 Å². The number of amides is 1. The number of likely N-dealkylation sites (tertiary alicyclic amines) is 2. The molecule has 1 N–H and O–H groups in total. The molecule has 1 amide bonds.